The number of aryl methyl sites for hydroxylation is 2. The molecule has 45 heavy (non-hydrogen) atoms. The van der Waals surface area contributed by atoms with Gasteiger partial charge in [-0.2, -0.15) is 0 Å². The summed E-state index contributed by atoms with van der Waals surface area (Å²) in [7, 11) is 0. The lowest BCUT2D eigenvalue weighted by Gasteiger charge is -2.16. The molecule has 6 rings (SSSR count). The van der Waals surface area contributed by atoms with Crippen molar-refractivity contribution in [1.82, 2.24) is 0 Å². The fourth-order valence-electron chi connectivity index (χ4n) is 4.83. The molecule has 6 heteroatoms. The molecule has 0 aliphatic rings. The number of phenolic OH excluding ortho intramolecular Hbond substituents is 2. The maximum Gasteiger partial charge on any atom is 0.202 e. The lowest BCUT2D eigenvalue weighted by atomic mass is 10.0. The van der Waals surface area contributed by atoms with Crippen LogP contribution in [0.4, 0.5) is 0 Å². The second kappa shape index (κ2) is 14.1. The van der Waals surface area contributed by atoms with Gasteiger partial charge in [-0.25, -0.2) is 0 Å². The Kier molecular flexibility index (Phi) is 9.12. The van der Waals surface area contributed by atoms with Crippen LogP contribution in [0, 0.1) is 0 Å². The van der Waals surface area contributed by atoms with Crippen LogP contribution in [0.25, 0.3) is 0 Å². The number of ether oxygens (including phenoxy) is 4. The van der Waals surface area contributed by atoms with E-state index in [0.717, 1.165) is 17.5 Å². The molecule has 0 bridgehead atoms. The summed E-state index contributed by atoms with van der Waals surface area (Å²) >= 11 is 0. The zero-order valence-electron chi connectivity index (χ0n) is 24.5. The topological polar surface area (TPSA) is 77.4 Å². The van der Waals surface area contributed by atoms with Gasteiger partial charge in [0.25, 0.3) is 0 Å². The van der Waals surface area contributed by atoms with Crippen molar-refractivity contribution in [2.75, 3.05) is 0 Å². The monoisotopic (exact) mass is 596 g/mol. The Morgan fingerprint density at radius 3 is 0.844 bits per heavy atom. The first-order chi connectivity index (χ1) is 22.1. The SMILES string of the molecule is Oc1c(Oc2ccccc2)cc(CCCc2cc(Oc3ccccc3)c(O)c(Oc3ccccc3)c2)cc1Oc1ccccc1. The Balaban J connectivity index is 1.25. The minimum absolute atomic E-state index is 0.0737. The van der Waals surface area contributed by atoms with Crippen LogP contribution >= 0.6 is 0 Å². The molecule has 0 aromatic heterocycles. The molecule has 0 radical (unpaired) electrons. The smallest absolute Gasteiger partial charge is 0.202 e. The van der Waals surface area contributed by atoms with Gasteiger partial charge in [0.05, 0.1) is 0 Å². The summed E-state index contributed by atoms with van der Waals surface area (Å²) in [6.45, 7) is 0. The minimum Gasteiger partial charge on any atom is -0.502 e. The normalized spacial score (nSPS) is 10.7. The van der Waals surface area contributed by atoms with Crippen LogP contribution < -0.4 is 18.9 Å². The van der Waals surface area contributed by atoms with Crippen molar-refractivity contribution in [3.63, 3.8) is 0 Å². The van der Waals surface area contributed by atoms with E-state index in [0.29, 0.717) is 58.8 Å². The molecule has 0 heterocycles. The minimum atomic E-state index is -0.0737. The lowest BCUT2D eigenvalue weighted by molar-refractivity contribution is 0.377. The number of para-hydroxylation sites is 4. The summed E-state index contributed by atoms with van der Waals surface area (Å²) in [6, 6.07) is 44.6. The van der Waals surface area contributed by atoms with E-state index in [1.807, 2.05) is 146 Å². The molecule has 6 aromatic rings. The fraction of sp³-hybridized carbons (Fsp3) is 0.0769. The van der Waals surface area contributed by atoms with Gasteiger partial charge in [0.15, 0.2) is 23.0 Å². The summed E-state index contributed by atoms with van der Waals surface area (Å²) in [6.07, 6.45) is 2.09. The van der Waals surface area contributed by atoms with Crippen LogP contribution in [0.15, 0.2) is 146 Å². The van der Waals surface area contributed by atoms with Gasteiger partial charge in [-0.05, 0) is 103 Å². The molecular formula is C39H32O6. The zero-order chi connectivity index (χ0) is 30.8. The van der Waals surface area contributed by atoms with Crippen molar-refractivity contribution in [3.8, 4) is 57.5 Å². The third kappa shape index (κ3) is 7.75. The first-order valence-corrected chi connectivity index (χ1v) is 14.7. The number of benzene rings is 6. The number of hydrogen-bond donors (Lipinski definition) is 2. The van der Waals surface area contributed by atoms with E-state index in [4.69, 9.17) is 18.9 Å². The highest BCUT2D eigenvalue weighted by Gasteiger charge is 2.17. The van der Waals surface area contributed by atoms with Crippen LogP contribution in [0.5, 0.6) is 57.5 Å². The predicted octanol–water partition coefficient (Wildman–Crippen LogP) is 10.4. The van der Waals surface area contributed by atoms with Gasteiger partial charge in [0.1, 0.15) is 23.0 Å². The van der Waals surface area contributed by atoms with Gasteiger partial charge >= 0.3 is 0 Å². The Hall–Kier alpha value is -5.88. The van der Waals surface area contributed by atoms with Crippen LogP contribution in [-0.2, 0) is 12.8 Å². The molecule has 6 aromatic carbocycles. The van der Waals surface area contributed by atoms with E-state index in [9.17, 15) is 10.2 Å². The molecule has 224 valence electrons. The average Bonchev–Trinajstić information content (AvgIpc) is 3.07. The van der Waals surface area contributed by atoms with Crippen molar-refractivity contribution in [1.29, 1.82) is 0 Å². The molecule has 0 aliphatic heterocycles. The van der Waals surface area contributed by atoms with Gasteiger partial charge in [-0.15, -0.1) is 0 Å². The van der Waals surface area contributed by atoms with E-state index in [1.165, 1.54) is 0 Å². The highest BCUT2D eigenvalue weighted by atomic mass is 16.5. The zero-order valence-corrected chi connectivity index (χ0v) is 24.5. The molecule has 0 amide bonds. The third-order valence-corrected chi connectivity index (χ3v) is 7.01. The molecule has 0 spiro atoms. The number of phenols is 2. The quantitative estimate of drug-likeness (QED) is 0.146. The largest absolute Gasteiger partial charge is 0.502 e. The van der Waals surface area contributed by atoms with Gasteiger partial charge in [0, 0.05) is 0 Å². The van der Waals surface area contributed by atoms with Crippen molar-refractivity contribution in [3.05, 3.63) is 157 Å². The Morgan fingerprint density at radius 1 is 0.356 bits per heavy atom. The van der Waals surface area contributed by atoms with Crippen molar-refractivity contribution in [2.45, 2.75) is 19.3 Å². The second-order valence-electron chi connectivity index (χ2n) is 10.4. The average molecular weight is 597 g/mol. The fourth-order valence-corrected chi connectivity index (χ4v) is 4.83. The number of rotatable bonds is 12. The first-order valence-electron chi connectivity index (χ1n) is 14.7. The summed E-state index contributed by atoms with van der Waals surface area (Å²) in [5, 5.41) is 22.1. The summed E-state index contributed by atoms with van der Waals surface area (Å²) in [5.74, 6) is 3.53. The molecule has 6 nitrogen and oxygen atoms in total. The molecular weight excluding hydrogens is 564 g/mol. The van der Waals surface area contributed by atoms with Crippen LogP contribution in [0.1, 0.15) is 17.5 Å². The van der Waals surface area contributed by atoms with Crippen molar-refractivity contribution in [2.24, 2.45) is 0 Å². The van der Waals surface area contributed by atoms with Gasteiger partial charge in [-0.3, -0.25) is 0 Å². The standard InChI is InChI=1S/C39H32O6/c40-38-34(42-30-16-5-1-6-17-30)24-28(25-35(38)43-31-18-7-2-8-19-31)14-13-15-29-26-36(44-32-20-9-3-10-21-32)39(41)37(27-29)45-33-22-11-4-12-23-33/h1-12,16-27,40-41H,13-15H2. The Bertz CT molecular complexity index is 1560. The lowest BCUT2D eigenvalue weighted by Crippen LogP contribution is -1.96. The summed E-state index contributed by atoms with van der Waals surface area (Å²) < 4.78 is 24.2. The van der Waals surface area contributed by atoms with Crippen LogP contribution in [0.3, 0.4) is 0 Å². The van der Waals surface area contributed by atoms with Gasteiger partial charge < -0.3 is 29.2 Å². The van der Waals surface area contributed by atoms with Crippen LogP contribution in [-0.4, -0.2) is 10.2 Å². The van der Waals surface area contributed by atoms with Gasteiger partial charge in [-0.1, -0.05) is 72.8 Å². The molecule has 0 saturated heterocycles. The molecule has 2 N–H and O–H groups in total. The van der Waals surface area contributed by atoms with E-state index >= 15 is 0 Å². The molecule has 0 unspecified atom stereocenters. The van der Waals surface area contributed by atoms with Crippen LogP contribution in [0.2, 0.25) is 0 Å². The van der Waals surface area contributed by atoms with Crippen molar-refractivity contribution < 1.29 is 29.2 Å². The van der Waals surface area contributed by atoms with E-state index in [2.05, 4.69) is 0 Å². The van der Waals surface area contributed by atoms with E-state index < -0.39 is 0 Å². The maximum atomic E-state index is 11.1. The molecule has 0 aliphatic carbocycles. The van der Waals surface area contributed by atoms with Crippen molar-refractivity contribution >= 4 is 0 Å². The Labute approximate surface area is 262 Å². The van der Waals surface area contributed by atoms with E-state index in [1.54, 1.807) is 0 Å². The molecule has 0 fully saturated rings. The summed E-state index contributed by atoms with van der Waals surface area (Å²) in [5.41, 5.74) is 1.87. The Morgan fingerprint density at radius 2 is 0.600 bits per heavy atom. The number of hydrogen-bond acceptors (Lipinski definition) is 6. The van der Waals surface area contributed by atoms with Gasteiger partial charge in [0.2, 0.25) is 11.5 Å². The number of aromatic hydroxyl groups is 2. The third-order valence-electron chi connectivity index (χ3n) is 7.01. The summed E-state index contributed by atoms with van der Waals surface area (Å²) in [4.78, 5) is 0. The highest BCUT2D eigenvalue weighted by Crippen LogP contribution is 2.44. The highest BCUT2D eigenvalue weighted by molar-refractivity contribution is 5.57. The predicted molar refractivity (Wildman–Crippen MR) is 174 cm³/mol. The first kappa shape index (κ1) is 29.2. The molecule has 0 atom stereocenters. The molecule has 0 saturated carbocycles. The maximum absolute atomic E-state index is 11.1. The second-order valence-corrected chi connectivity index (χ2v) is 10.4. The van der Waals surface area contributed by atoms with E-state index in [-0.39, 0.29) is 11.5 Å².